The SMILES string of the molecule is CSc1ccc(C2NCC(=O)N2CCCCN(C)C)cc1. The summed E-state index contributed by atoms with van der Waals surface area (Å²) in [6.45, 7) is 2.35. The van der Waals surface area contributed by atoms with Crippen LogP contribution < -0.4 is 5.32 Å². The van der Waals surface area contributed by atoms with E-state index in [1.807, 2.05) is 4.90 Å². The predicted octanol–water partition coefficient (Wildman–Crippen LogP) is 2.18. The normalized spacial score (nSPS) is 18.8. The van der Waals surface area contributed by atoms with E-state index in [1.54, 1.807) is 11.8 Å². The number of amides is 1. The molecular formula is C16H25N3OS. The van der Waals surface area contributed by atoms with Gasteiger partial charge in [0.15, 0.2) is 0 Å². The van der Waals surface area contributed by atoms with Gasteiger partial charge < -0.3 is 9.80 Å². The molecule has 0 aromatic heterocycles. The minimum Gasteiger partial charge on any atom is -0.322 e. The molecule has 116 valence electrons. The van der Waals surface area contributed by atoms with Crippen LogP contribution in [0.1, 0.15) is 24.6 Å². The fourth-order valence-electron chi connectivity index (χ4n) is 2.59. The van der Waals surface area contributed by atoms with Crippen LogP contribution >= 0.6 is 11.8 Å². The fraction of sp³-hybridized carbons (Fsp3) is 0.562. The molecule has 1 unspecified atom stereocenters. The molecule has 0 spiro atoms. The van der Waals surface area contributed by atoms with Gasteiger partial charge in [-0.2, -0.15) is 0 Å². The number of nitrogens with one attached hydrogen (secondary N) is 1. The summed E-state index contributed by atoms with van der Waals surface area (Å²) in [5.74, 6) is 0.207. The quantitative estimate of drug-likeness (QED) is 0.619. The molecular weight excluding hydrogens is 282 g/mol. The Bertz CT molecular complexity index is 461. The lowest BCUT2D eigenvalue weighted by molar-refractivity contribution is -0.128. The van der Waals surface area contributed by atoms with E-state index in [2.05, 4.69) is 54.8 Å². The Morgan fingerprint density at radius 2 is 2.00 bits per heavy atom. The van der Waals surface area contributed by atoms with Gasteiger partial charge in [0.2, 0.25) is 5.91 Å². The van der Waals surface area contributed by atoms with Crippen molar-refractivity contribution in [1.82, 2.24) is 15.1 Å². The van der Waals surface area contributed by atoms with Crippen LogP contribution in [0.4, 0.5) is 0 Å². The topological polar surface area (TPSA) is 35.6 Å². The van der Waals surface area contributed by atoms with Crippen molar-refractivity contribution in [1.29, 1.82) is 0 Å². The third-order valence-corrected chi connectivity index (χ3v) is 4.51. The second-order valence-corrected chi connectivity index (χ2v) is 6.53. The van der Waals surface area contributed by atoms with Gasteiger partial charge in [-0.25, -0.2) is 0 Å². The number of unbranched alkanes of at least 4 members (excludes halogenated alkanes) is 1. The lowest BCUT2D eigenvalue weighted by Crippen LogP contribution is -2.31. The van der Waals surface area contributed by atoms with E-state index in [0.29, 0.717) is 6.54 Å². The number of carbonyl (C=O) groups excluding carboxylic acids is 1. The highest BCUT2D eigenvalue weighted by molar-refractivity contribution is 7.98. The van der Waals surface area contributed by atoms with Gasteiger partial charge >= 0.3 is 0 Å². The smallest absolute Gasteiger partial charge is 0.238 e. The number of nitrogens with zero attached hydrogens (tertiary/aromatic N) is 2. The zero-order valence-corrected chi connectivity index (χ0v) is 13.9. The Morgan fingerprint density at radius 1 is 1.29 bits per heavy atom. The summed E-state index contributed by atoms with van der Waals surface area (Å²) in [6.07, 6.45) is 4.27. The number of thioether (sulfide) groups is 1. The Morgan fingerprint density at radius 3 is 2.62 bits per heavy atom. The first-order chi connectivity index (χ1) is 10.1. The summed E-state index contributed by atoms with van der Waals surface area (Å²) in [4.78, 5) is 17.5. The third kappa shape index (κ3) is 4.46. The van der Waals surface area contributed by atoms with Gasteiger partial charge in [0.05, 0.1) is 6.54 Å². The molecule has 1 aliphatic rings. The third-order valence-electron chi connectivity index (χ3n) is 3.76. The van der Waals surface area contributed by atoms with Gasteiger partial charge in [0.1, 0.15) is 6.17 Å². The van der Waals surface area contributed by atoms with Crippen LogP contribution in [0, 0.1) is 0 Å². The van der Waals surface area contributed by atoms with Crippen molar-refractivity contribution >= 4 is 17.7 Å². The summed E-state index contributed by atoms with van der Waals surface area (Å²) < 4.78 is 0. The average molecular weight is 307 g/mol. The molecule has 1 saturated heterocycles. The van der Waals surface area contributed by atoms with Crippen molar-refractivity contribution in [2.75, 3.05) is 40.0 Å². The van der Waals surface area contributed by atoms with Crippen molar-refractivity contribution in [3.05, 3.63) is 29.8 Å². The Kier molecular flexibility index (Phi) is 6.08. The minimum atomic E-state index is 0.0350. The van der Waals surface area contributed by atoms with E-state index in [9.17, 15) is 4.79 Å². The van der Waals surface area contributed by atoms with Crippen LogP contribution in [-0.2, 0) is 4.79 Å². The zero-order valence-electron chi connectivity index (χ0n) is 13.1. The van der Waals surface area contributed by atoms with Crippen LogP contribution in [0.15, 0.2) is 29.2 Å². The maximum atomic E-state index is 12.1. The molecule has 0 radical (unpaired) electrons. The summed E-state index contributed by atoms with van der Waals surface area (Å²) in [6, 6.07) is 8.48. The summed E-state index contributed by atoms with van der Waals surface area (Å²) in [5, 5.41) is 3.32. The summed E-state index contributed by atoms with van der Waals surface area (Å²) in [7, 11) is 4.16. The number of carbonyl (C=O) groups is 1. The molecule has 21 heavy (non-hydrogen) atoms. The highest BCUT2D eigenvalue weighted by atomic mass is 32.2. The van der Waals surface area contributed by atoms with Crippen LogP contribution in [0.3, 0.4) is 0 Å². The molecule has 2 rings (SSSR count). The van der Waals surface area contributed by atoms with Crippen molar-refractivity contribution in [2.24, 2.45) is 0 Å². The maximum Gasteiger partial charge on any atom is 0.238 e. The van der Waals surface area contributed by atoms with Crippen LogP contribution in [0.25, 0.3) is 0 Å². The number of hydrogen-bond acceptors (Lipinski definition) is 4. The lowest BCUT2D eigenvalue weighted by atomic mass is 10.1. The van der Waals surface area contributed by atoms with E-state index in [4.69, 9.17) is 0 Å². The standard InChI is InChI=1S/C16H25N3OS/c1-18(2)10-4-5-11-19-15(20)12-17-16(19)13-6-8-14(21-3)9-7-13/h6-9,16-17H,4-5,10-12H2,1-3H3. The van der Waals surface area contributed by atoms with Gasteiger partial charge in [0.25, 0.3) is 0 Å². The Labute approximate surface area is 131 Å². The van der Waals surface area contributed by atoms with Crippen molar-refractivity contribution in [3.63, 3.8) is 0 Å². The molecule has 1 fully saturated rings. The van der Waals surface area contributed by atoms with Crippen molar-refractivity contribution in [2.45, 2.75) is 23.9 Å². The molecule has 1 heterocycles. The molecule has 0 saturated carbocycles. The zero-order chi connectivity index (χ0) is 15.2. The molecule has 1 aromatic carbocycles. The second kappa shape index (κ2) is 7.82. The van der Waals surface area contributed by atoms with Gasteiger partial charge in [-0.15, -0.1) is 11.8 Å². The first-order valence-corrected chi connectivity index (χ1v) is 8.66. The maximum absolute atomic E-state index is 12.1. The number of benzene rings is 1. The molecule has 1 aromatic rings. The highest BCUT2D eigenvalue weighted by Crippen LogP contribution is 2.25. The Balaban J connectivity index is 1.95. The molecule has 0 aliphatic carbocycles. The number of hydrogen-bond donors (Lipinski definition) is 1. The summed E-state index contributed by atoms with van der Waals surface area (Å²) >= 11 is 1.74. The van der Waals surface area contributed by atoms with Gasteiger partial charge in [-0.1, -0.05) is 12.1 Å². The molecule has 5 heteroatoms. The van der Waals surface area contributed by atoms with Gasteiger partial charge in [-0.05, 0) is 57.4 Å². The highest BCUT2D eigenvalue weighted by Gasteiger charge is 2.30. The van der Waals surface area contributed by atoms with Crippen molar-refractivity contribution in [3.8, 4) is 0 Å². The molecule has 1 N–H and O–H groups in total. The number of rotatable bonds is 7. The van der Waals surface area contributed by atoms with Crippen molar-refractivity contribution < 1.29 is 4.79 Å². The van der Waals surface area contributed by atoms with Crippen LogP contribution in [0.2, 0.25) is 0 Å². The van der Waals surface area contributed by atoms with Crippen LogP contribution in [-0.4, -0.2) is 55.7 Å². The van der Waals surface area contributed by atoms with Crippen LogP contribution in [0.5, 0.6) is 0 Å². The van der Waals surface area contributed by atoms with E-state index in [1.165, 1.54) is 10.5 Å². The van der Waals surface area contributed by atoms with Gasteiger partial charge in [-0.3, -0.25) is 10.1 Å². The van der Waals surface area contributed by atoms with E-state index in [-0.39, 0.29) is 12.1 Å². The summed E-state index contributed by atoms with van der Waals surface area (Å²) in [5.41, 5.74) is 1.17. The fourth-order valence-corrected chi connectivity index (χ4v) is 3.00. The van der Waals surface area contributed by atoms with E-state index < -0.39 is 0 Å². The molecule has 0 bridgehead atoms. The molecule has 1 atom stereocenters. The predicted molar refractivity (Wildman–Crippen MR) is 88.5 cm³/mol. The molecule has 1 aliphatic heterocycles. The molecule has 4 nitrogen and oxygen atoms in total. The first-order valence-electron chi connectivity index (χ1n) is 7.43. The van der Waals surface area contributed by atoms with E-state index in [0.717, 1.165) is 25.9 Å². The lowest BCUT2D eigenvalue weighted by Gasteiger charge is -2.25. The first kappa shape index (κ1) is 16.3. The largest absolute Gasteiger partial charge is 0.322 e. The second-order valence-electron chi connectivity index (χ2n) is 5.65. The van der Waals surface area contributed by atoms with Gasteiger partial charge in [0, 0.05) is 11.4 Å². The Hall–Kier alpha value is -1.04. The minimum absolute atomic E-state index is 0.0350. The monoisotopic (exact) mass is 307 g/mol. The average Bonchev–Trinajstić information content (AvgIpc) is 2.85. The van der Waals surface area contributed by atoms with E-state index >= 15 is 0 Å². The molecule has 1 amide bonds.